The van der Waals surface area contributed by atoms with E-state index in [9.17, 15) is 8.42 Å². The van der Waals surface area contributed by atoms with Gasteiger partial charge in [0.2, 0.25) is 9.05 Å². The first kappa shape index (κ1) is 14.3. The predicted molar refractivity (Wildman–Crippen MR) is 66.2 cm³/mol. The zero-order valence-corrected chi connectivity index (χ0v) is 11.6. The molecule has 3 nitrogen and oxygen atoms in total. The molecule has 0 aromatic rings. The monoisotopic (exact) mass is 268 g/mol. The Hall–Kier alpha value is 0.200. The van der Waals surface area contributed by atoms with E-state index in [0.29, 0.717) is 6.61 Å². The van der Waals surface area contributed by atoms with Gasteiger partial charge in [-0.1, -0.05) is 19.8 Å². The summed E-state index contributed by atoms with van der Waals surface area (Å²) >= 11 is 0. The normalized spacial score (nSPS) is 22.2. The fourth-order valence-electron chi connectivity index (χ4n) is 2.26. The second kappa shape index (κ2) is 5.69. The van der Waals surface area contributed by atoms with Crippen LogP contribution < -0.4 is 0 Å². The van der Waals surface area contributed by atoms with Gasteiger partial charge in [0.05, 0.1) is 18.5 Å². The van der Waals surface area contributed by atoms with Crippen LogP contribution in [-0.2, 0) is 13.8 Å². The molecule has 1 aliphatic carbocycles. The largest absolute Gasteiger partial charge is 0.378 e. The second-order valence-corrected chi connectivity index (χ2v) is 7.70. The summed E-state index contributed by atoms with van der Waals surface area (Å²) in [6, 6.07) is 0. The molecule has 0 aliphatic heterocycles. The molecule has 16 heavy (non-hydrogen) atoms. The average Bonchev–Trinajstić information content (AvgIpc) is 2.60. The summed E-state index contributed by atoms with van der Waals surface area (Å²) in [5.41, 5.74) is -0.232. The Balaban J connectivity index is 2.59. The number of hydrogen-bond donors (Lipinski definition) is 0. The smallest absolute Gasteiger partial charge is 0.233 e. The van der Waals surface area contributed by atoms with Crippen LogP contribution in [-0.4, -0.2) is 26.9 Å². The maximum Gasteiger partial charge on any atom is 0.233 e. The lowest BCUT2D eigenvalue weighted by Gasteiger charge is -2.28. The molecule has 1 aliphatic rings. The summed E-state index contributed by atoms with van der Waals surface area (Å²) in [5, 5.41) is 0. The molecule has 0 amide bonds. The average molecular weight is 269 g/mol. The van der Waals surface area contributed by atoms with Crippen molar-refractivity contribution in [1.82, 2.24) is 0 Å². The van der Waals surface area contributed by atoms with Crippen molar-refractivity contribution in [2.45, 2.75) is 52.1 Å². The number of ether oxygens (including phenoxy) is 1. The Morgan fingerprint density at radius 3 is 2.38 bits per heavy atom. The molecule has 1 fully saturated rings. The third-order valence-corrected chi connectivity index (χ3v) is 4.68. The van der Waals surface area contributed by atoms with Crippen LogP contribution in [0.25, 0.3) is 0 Å². The molecule has 5 heteroatoms. The van der Waals surface area contributed by atoms with Gasteiger partial charge in [-0.15, -0.1) is 0 Å². The van der Waals surface area contributed by atoms with Crippen molar-refractivity contribution in [1.29, 1.82) is 0 Å². The summed E-state index contributed by atoms with van der Waals surface area (Å²) in [5.74, 6) is 0.0536. The summed E-state index contributed by atoms with van der Waals surface area (Å²) < 4.78 is 28.1. The molecule has 0 aromatic heterocycles. The first-order chi connectivity index (χ1) is 7.37. The van der Waals surface area contributed by atoms with E-state index in [1.807, 2.05) is 6.92 Å². The van der Waals surface area contributed by atoms with Crippen molar-refractivity contribution in [3.8, 4) is 0 Å². The van der Waals surface area contributed by atoms with Gasteiger partial charge in [-0.3, -0.25) is 0 Å². The van der Waals surface area contributed by atoms with Crippen LogP contribution in [0.5, 0.6) is 0 Å². The second-order valence-electron chi connectivity index (χ2n) is 4.92. The fraction of sp³-hybridized carbons (Fsp3) is 1.00. The summed E-state index contributed by atoms with van der Waals surface area (Å²) in [6.07, 6.45) is 5.12. The van der Waals surface area contributed by atoms with Crippen molar-refractivity contribution < 1.29 is 13.2 Å². The Morgan fingerprint density at radius 2 is 1.94 bits per heavy atom. The third kappa shape index (κ3) is 4.60. The van der Waals surface area contributed by atoms with Gasteiger partial charge < -0.3 is 4.74 Å². The van der Waals surface area contributed by atoms with Crippen molar-refractivity contribution >= 4 is 19.7 Å². The first-order valence-electron chi connectivity index (χ1n) is 5.91. The van der Waals surface area contributed by atoms with E-state index in [2.05, 4.69) is 6.92 Å². The summed E-state index contributed by atoms with van der Waals surface area (Å²) in [7, 11) is 1.94. The summed E-state index contributed by atoms with van der Waals surface area (Å²) in [6.45, 7) is 4.59. The van der Waals surface area contributed by atoms with E-state index in [-0.39, 0.29) is 17.3 Å². The van der Waals surface area contributed by atoms with Crippen LogP contribution in [0.3, 0.4) is 0 Å². The van der Waals surface area contributed by atoms with E-state index < -0.39 is 9.05 Å². The van der Waals surface area contributed by atoms with Crippen LogP contribution in [0, 0.1) is 5.41 Å². The molecule has 0 aromatic carbocycles. The van der Waals surface area contributed by atoms with Gasteiger partial charge in [0.25, 0.3) is 0 Å². The van der Waals surface area contributed by atoms with Crippen molar-refractivity contribution in [3.05, 3.63) is 0 Å². The van der Waals surface area contributed by atoms with Gasteiger partial charge in [0, 0.05) is 16.1 Å². The first-order valence-corrected chi connectivity index (χ1v) is 8.39. The van der Waals surface area contributed by atoms with E-state index in [1.165, 1.54) is 0 Å². The van der Waals surface area contributed by atoms with Crippen LogP contribution in [0.1, 0.15) is 46.0 Å². The predicted octanol–water partition coefficient (Wildman–Crippen LogP) is 2.93. The molecule has 0 bridgehead atoms. The molecule has 0 radical (unpaired) electrons. The quantitative estimate of drug-likeness (QED) is 0.696. The van der Waals surface area contributed by atoms with Crippen molar-refractivity contribution in [3.63, 3.8) is 0 Å². The molecule has 1 saturated carbocycles. The highest BCUT2D eigenvalue weighted by Crippen LogP contribution is 2.40. The van der Waals surface area contributed by atoms with E-state index >= 15 is 0 Å². The Bertz CT molecular complexity index is 307. The highest BCUT2D eigenvalue weighted by atomic mass is 35.7. The third-order valence-electron chi connectivity index (χ3n) is 3.39. The maximum absolute atomic E-state index is 11.2. The van der Waals surface area contributed by atoms with E-state index in [0.717, 1.165) is 32.1 Å². The minimum atomic E-state index is -3.43. The van der Waals surface area contributed by atoms with Gasteiger partial charge in [-0.05, 0) is 26.2 Å². The zero-order chi connectivity index (χ0) is 12.2. The van der Waals surface area contributed by atoms with Crippen molar-refractivity contribution in [2.75, 3.05) is 12.4 Å². The summed E-state index contributed by atoms with van der Waals surface area (Å²) in [4.78, 5) is 0. The van der Waals surface area contributed by atoms with Gasteiger partial charge in [-0.25, -0.2) is 8.42 Å². The molecule has 0 N–H and O–H groups in total. The van der Waals surface area contributed by atoms with Crippen LogP contribution >= 0.6 is 10.7 Å². The lowest BCUT2D eigenvalue weighted by Crippen LogP contribution is -2.32. The van der Waals surface area contributed by atoms with Crippen molar-refractivity contribution in [2.24, 2.45) is 5.41 Å². The molecule has 1 unspecified atom stereocenters. The van der Waals surface area contributed by atoms with Gasteiger partial charge >= 0.3 is 0 Å². The Morgan fingerprint density at radius 1 is 1.38 bits per heavy atom. The molecule has 0 spiro atoms. The van der Waals surface area contributed by atoms with Gasteiger partial charge in [-0.2, -0.15) is 0 Å². The SMILES string of the molecule is CCC(C)OCC1(CS(=O)(=O)Cl)CCCC1. The molecular weight excluding hydrogens is 248 g/mol. The number of halogens is 1. The fourth-order valence-corrected chi connectivity index (χ4v) is 4.06. The zero-order valence-electron chi connectivity index (χ0n) is 10.0. The molecule has 0 heterocycles. The van der Waals surface area contributed by atoms with Crippen LogP contribution in [0.2, 0.25) is 0 Å². The minimum absolute atomic E-state index is 0.0536. The van der Waals surface area contributed by atoms with Gasteiger partial charge in [0.15, 0.2) is 0 Å². The molecule has 0 saturated heterocycles. The maximum atomic E-state index is 11.2. The molecular formula is C11H21ClO3S. The molecule has 1 atom stereocenters. The highest BCUT2D eigenvalue weighted by molar-refractivity contribution is 8.13. The van der Waals surface area contributed by atoms with Crippen LogP contribution in [0.4, 0.5) is 0 Å². The molecule has 96 valence electrons. The number of hydrogen-bond acceptors (Lipinski definition) is 3. The standard InChI is InChI=1S/C11H21ClO3S/c1-3-10(2)15-8-11(6-4-5-7-11)9-16(12,13)14/h10H,3-9H2,1-2H3. The minimum Gasteiger partial charge on any atom is -0.378 e. The lowest BCUT2D eigenvalue weighted by molar-refractivity contribution is 0.00772. The van der Waals surface area contributed by atoms with E-state index in [4.69, 9.17) is 15.4 Å². The number of rotatable bonds is 6. The van der Waals surface area contributed by atoms with E-state index in [1.54, 1.807) is 0 Å². The topological polar surface area (TPSA) is 43.4 Å². The Kier molecular flexibility index (Phi) is 5.08. The van der Waals surface area contributed by atoms with Crippen LogP contribution in [0.15, 0.2) is 0 Å². The van der Waals surface area contributed by atoms with Gasteiger partial charge in [0.1, 0.15) is 0 Å². The Labute approximate surface area is 103 Å². The highest BCUT2D eigenvalue weighted by Gasteiger charge is 2.38. The lowest BCUT2D eigenvalue weighted by atomic mass is 9.90. The molecule has 1 rings (SSSR count).